The standard InChI is InChI=1S/C17H27NO4/c1-16(2,3)21-12-8-7-11(15(12)22-17(4,5)6)18-13(19)9-10-14(18)20/h9-12,15H,7-8H2,1-6H3. The van der Waals surface area contributed by atoms with Crippen molar-refractivity contribution in [3.63, 3.8) is 0 Å². The number of hydrogen-bond donors (Lipinski definition) is 0. The molecule has 1 fully saturated rings. The second kappa shape index (κ2) is 5.78. The summed E-state index contributed by atoms with van der Waals surface area (Å²) in [4.78, 5) is 25.3. The summed E-state index contributed by atoms with van der Waals surface area (Å²) >= 11 is 0. The zero-order chi connectivity index (χ0) is 16.7. The van der Waals surface area contributed by atoms with Crippen LogP contribution in [-0.4, -0.2) is 46.2 Å². The van der Waals surface area contributed by atoms with Crippen molar-refractivity contribution in [2.24, 2.45) is 0 Å². The summed E-state index contributed by atoms with van der Waals surface area (Å²) in [6.45, 7) is 11.9. The number of ether oxygens (including phenoxy) is 2. The number of rotatable bonds is 3. The minimum atomic E-state index is -0.369. The molecule has 1 saturated carbocycles. The number of imide groups is 1. The van der Waals surface area contributed by atoms with Gasteiger partial charge in [-0.15, -0.1) is 0 Å². The fourth-order valence-corrected chi connectivity index (χ4v) is 3.07. The normalized spacial score (nSPS) is 29.7. The number of hydrogen-bond acceptors (Lipinski definition) is 4. The largest absolute Gasteiger partial charge is 0.370 e. The summed E-state index contributed by atoms with van der Waals surface area (Å²) in [6.07, 6.45) is 3.72. The van der Waals surface area contributed by atoms with Gasteiger partial charge in [0.15, 0.2) is 0 Å². The highest BCUT2D eigenvalue weighted by Gasteiger charge is 2.47. The molecule has 5 nitrogen and oxygen atoms in total. The van der Waals surface area contributed by atoms with Crippen LogP contribution in [0.5, 0.6) is 0 Å². The van der Waals surface area contributed by atoms with E-state index in [1.807, 2.05) is 41.5 Å². The Hall–Kier alpha value is -1.20. The van der Waals surface area contributed by atoms with Crippen molar-refractivity contribution in [3.8, 4) is 0 Å². The lowest BCUT2D eigenvalue weighted by Crippen LogP contribution is -2.51. The van der Waals surface area contributed by atoms with E-state index in [0.29, 0.717) is 6.42 Å². The summed E-state index contributed by atoms with van der Waals surface area (Å²) in [7, 11) is 0. The Morgan fingerprint density at radius 2 is 1.41 bits per heavy atom. The van der Waals surface area contributed by atoms with E-state index in [4.69, 9.17) is 9.47 Å². The fourth-order valence-electron chi connectivity index (χ4n) is 3.07. The average Bonchev–Trinajstić information content (AvgIpc) is 2.81. The van der Waals surface area contributed by atoms with Crippen LogP contribution in [0.15, 0.2) is 12.2 Å². The highest BCUT2D eigenvalue weighted by Crippen LogP contribution is 2.35. The van der Waals surface area contributed by atoms with Gasteiger partial charge in [0.2, 0.25) is 0 Å². The molecular weight excluding hydrogens is 282 g/mol. The van der Waals surface area contributed by atoms with Gasteiger partial charge in [0, 0.05) is 12.2 Å². The fraction of sp³-hybridized carbons (Fsp3) is 0.765. The molecule has 3 unspecified atom stereocenters. The van der Waals surface area contributed by atoms with Gasteiger partial charge in [-0.05, 0) is 54.4 Å². The summed E-state index contributed by atoms with van der Waals surface area (Å²) in [6, 6.07) is -0.262. The van der Waals surface area contributed by atoms with E-state index in [1.54, 1.807) is 0 Å². The smallest absolute Gasteiger partial charge is 0.253 e. The van der Waals surface area contributed by atoms with Gasteiger partial charge in [-0.3, -0.25) is 14.5 Å². The molecule has 1 aliphatic carbocycles. The Morgan fingerprint density at radius 1 is 0.909 bits per heavy atom. The monoisotopic (exact) mass is 309 g/mol. The van der Waals surface area contributed by atoms with Crippen LogP contribution in [0.25, 0.3) is 0 Å². The maximum atomic E-state index is 12.0. The molecular formula is C17H27NO4. The van der Waals surface area contributed by atoms with Gasteiger partial charge < -0.3 is 9.47 Å². The van der Waals surface area contributed by atoms with Crippen molar-refractivity contribution in [1.82, 2.24) is 4.90 Å². The molecule has 2 amide bonds. The van der Waals surface area contributed by atoms with Crippen LogP contribution in [0, 0.1) is 0 Å². The molecule has 0 aromatic carbocycles. The molecule has 2 aliphatic rings. The molecule has 1 aliphatic heterocycles. The van der Waals surface area contributed by atoms with Crippen LogP contribution < -0.4 is 0 Å². The van der Waals surface area contributed by atoms with Crippen molar-refractivity contribution in [1.29, 1.82) is 0 Å². The first-order valence-electron chi connectivity index (χ1n) is 7.89. The first-order valence-corrected chi connectivity index (χ1v) is 7.89. The van der Waals surface area contributed by atoms with Crippen LogP contribution >= 0.6 is 0 Å². The van der Waals surface area contributed by atoms with Crippen molar-refractivity contribution in [3.05, 3.63) is 12.2 Å². The van der Waals surface area contributed by atoms with E-state index in [0.717, 1.165) is 6.42 Å². The van der Waals surface area contributed by atoms with Crippen molar-refractivity contribution >= 4 is 11.8 Å². The van der Waals surface area contributed by atoms with Crippen LogP contribution in [0.3, 0.4) is 0 Å². The van der Waals surface area contributed by atoms with E-state index in [2.05, 4.69) is 0 Å². The number of carbonyl (C=O) groups excluding carboxylic acids is 2. The number of nitrogens with zero attached hydrogens (tertiary/aromatic N) is 1. The van der Waals surface area contributed by atoms with E-state index >= 15 is 0 Å². The van der Waals surface area contributed by atoms with Gasteiger partial charge in [-0.2, -0.15) is 0 Å². The molecule has 0 aromatic heterocycles. The predicted octanol–water partition coefficient (Wildman–Crippen LogP) is 2.44. The predicted molar refractivity (Wildman–Crippen MR) is 83.3 cm³/mol. The molecule has 0 aromatic rings. The topological polar surface area (TPSA) is 55.8 Å². The van der Waals surface area contributed by atoms with E-state index in [-0.39, 0.29) is 41.3 Å². The van der Waals surface area contributed by atoms with Gasteiger partial charge in [0.25, 0.3) is 11.8 Å². The number of amides is 2. The SMILES string of the molecule is CC(C)(C)OC1CCC(N2C(=O)C=CC2=O)C1OC(C)(C)C. The average molecular weight is 309 g/mol. The molecule has 1 heterocycles. The molecule has 0 radical (unpaired) electrons. The molecule has 2 rings (SSSR count). The number of carbonyl (C=O) groups is 2. The van der Waals surface area contributed by atoms with Crippen LogP contribution in [-0.2, 0) is 19.1 Å². The highest BCUT2D eigenvalue weighted by molar-refractivity contribution is 6.13. The molecule has 0 saturated heterocycles. The Balaban J connectivity index is 2.22. The second-order valence-corrected chi connectivity index (χ2v) is 7.99. The van der Waals surface area contributed by atoms with Crippen molar-refractivity contribution in [2.45, 2.75) is 83.8 Å². The van der Waals surface area contributed by atoms with Gasteiger partial charge in [0.05, 0.1) is 23.3 Å². The summed E-state index contributed by atoms with van der Waals surface area (Å²) in [5, 5.41) is 0. The Kier molecular flexibility index (Phi) is 4.51. The zero-order valence-electron chi connectivity index (χ0n) is 14.4. The van der Waals surface area contributed by atoms with Crippen molar-refractivity contribution < 1.29 is 19.1 Å². The van der Waals surface area contributed by atoms with Gasteiger partial charge in [-0.25, -0.2) is 0 Å². The lowest BCUT2D eigenvalue weighted by Gasteiger charge is -2.37. The lowest BCUT2D eigenvalue weighted by atomic mass is 10.1. The second-order valence-electron chi connectivity index (χ2n) is 7.99. The maximum absolute atomic E-state index is 12.0. The van der Waals surface area contributed by atoms with E-state index in [1.165, 1.54) is 17.1 Å². The quantitative estimate of drug-likeness (QED) is 0.751. The summed E-state index contributed by atoms with van der Waals surface area (Å²) < 4.78 is 12.3. The molecule has 0 N–H and O–H groups in total. The van der Waals surface area contributed by atoms with E-state index < -0.39 is 0 Å². The molecule has 124 valence electrons. The minimum Gasteiger partial charge on any atom is -0.370 e. The molecule has 0 spiro atoms. The van der Waals surface area contributed by atoms with Crippen molar-refractivity contribution in [2.75, 3.05) is 0 Å². The van der Waals surface area contributed by atoms with Crippen LogP contribution in [0.2, 0.25) is 0 Å². The summed E-state index contributed by atoms with van der Waals surface area (Å²) in [5.74, 6) is -0.511. The Morgan fingerprint density at radius 3 is 1.86 bits per heavy atom. The minimum absolute atomic E-state index is 0.120. The van der Waals surface area contributed by atoms with E-state index in [9.17, 15) is 9.59 Å². The Bertz CT molecular complexity index is 466. The molecule has 22 heavy (non-hydrogen) atoms. The van der Waals surface area contributed by atoms with Crippen LogP contribution in [0.1, 0.15) is 54.4 Å². The maximum Gasteiger partial charge on any atom is 0.253 e. The first-order chi connectivity index (χ1) is 9.98. The highest BCUT2D eigenvalue weighted by atomic mass is 16.6. The van der Waals surface area contributed by atoms with Gasteiger partial charge in [0.1, 0.15) is 6.10 Å². The van der Waals surface area contributed by atoms with Gasteiger partial charge in [-0.1, -0.05) is 0 Å². The van der Waals surface area contributed by atoms with Gasteiger partial charge >= 0.3 is 0 Å². The molecule has 3 atom stereocenters. The third-order valence-corrected chi connectivity index (χ3v) is 3.66. The summed E-state index contributed by atoms with van der Waals surface area (Å²) in [5.41, 5.74) is -0.664. The zero-order valence-corrected chi connectivity index (χ0v) is 14.4. The molecule has 0 bridgehead atoms. The lowest BCUT2D eigenvalue weighted by molar-refractivity contribution is -0.170. The third kappa shape index (κ3) is 3.96. The first kappa shape index (κ1) is 17.2. The van der Waals surface area contributed by atoms with Crippen LogP contribution in [0.4, 0.5) is 0 Å². The molecule has 5 heteroatoms. The Labute approximate surface area is 132 Å². The third-order valence-electron chi connectivity index (χ3n) is 3.66.